The zero-order valence-electron chi connectivity index (χ0n) is 54.8. The third-order valence-corrected chi connectivity index (χ3v) is 17.2. The van der Waals surface area contributed by atoms with Crippen molar-refractivity contribution in [2.45, 2.75) is 63.2 Å². The molecule has 0 saturated heterocycles. The zero-order chi connectivity index (χ0) is 70.1. The van der Waals surface area contributed by atoms with Crippen molar-refractivity contribution in [3.8, 4) is 45.3 Å². The summed E-state index contributed by atoms with van der Waals surface area (Å²) in [6, 6.07) is 58.5. The van der Waals surface area contributed by atoms with Gasteiger partial charge in [0.1, 0.15) is 23.0 Å². The number of hydrogen-bond acceptors (Lipinski definition) is 16. The molecule has 0 saturated carbocycles. The average molecular weight is 1340 g/mol. The average Bonchev–Trinajstić information content (AvgIpc) is 1.59. The summed E-state index contributed by atoms with van der Waals surface area (Å²) < 4.78 is 44.9. The van der Waals surface area contributed by atoms with Gasteiger partial charge in [0.2, 0.25) is 0 Å². The lowest BCUT2D eigenvalue weighted by atomic mass is 9.85. The molecule has 2 aliphatic carbocycles. The van der Waals surface area contributed by atoms with E-state index >= 15 is 0 Å². The smallest absolute Gasteiger partial charge is 0.343 e. The molecule has 0 aliphatic heterocycles. The van der Waals surface area contributed by atoms with Gasteiger partial charge in [-0.2, -0.15) is 0 Å². The first-order chi connectivity index (χ1) is 48.6. The monoisotopic (exact) mass is 1330 g/mol. The molecule has 9 aromatic rings. The molecule has 11 rings (SSSR count). The second kappa shape index (κ2) is 32.6. The van der Waals surface area contributed by atoms with E-state index in [1.54, 1.807) is 72.8 Å². The lowest BCUT2D eigenvalue weighted by Crippen LogP contribution is -2.10. The number of aryl methyl sites for hydroxylation is 4. The summed E-state index contributed by atoms with van der Waals surface area (Å²) in [6.07, 6.45) is 9.32. The third kappa shape index (κ3) is 17.1. The van der Waals surface area contributed by atoms with E-state index in [-0.39, 0.29) is 26.4 Å². The minimum Gasteiger partial charge on any atom is -0.463 e. The van der Waals surface area contributed by atoms with E-state index in [2.05, 4.69) is 26.3 Å². The Kier molecular flexibility index (Phi) is 22.5. The van der Waals surface area contributed by atoms with Gasteiger partial charge in [0.15, 0.2) is 0 Å². The summed E-state index contributed by atoms with van der Waals surface area (Å²) in [5.74, 6) is -3.92. The fourth-order valence-electron chi connectivity index (χ4n) is 12.2. The van der Waals surface area contributed by atoms with Crippen molar-refractivity contribution in [1.29, 1.82) is 0 Å². The van der Waals surface area contributed by atoms with Crippen LogP contribution >= 0.6 is 0 Å². The molecule has 100 heavy (non-hydrogen) atoms. The van der Waals surface area contributed by atoms with Crippen LogP contribution in [0.3, 0.4) is 0 Å². The van der Waals surface area contributed by atoms with Crippen LogP contribution in [0.15, 0.2) is 245 Å². The molecule has 0 spiro atoms. The predicted molar refractivity (Wildman–Crippen MR) is 376 cm³/mol. The van der Waals surface area contributed by atoms with Crippen molar-refractivity contribution in [1.82, 2.24) is 0 Å². The maximum absolute atomic E-state index is 13.9. The molecule has 0 atom stereocenters. The number of ether oxygens (including phenoxy) is 8. The van der Waals surface area contributed by atoms with Gasteiger partial charge in [-0.25, -0.2) is 38.4 Å². The quantitative estimate of drug-likeness (QED) is 0.0135. The lowest BCUT2D eigenvalue weighted by molar-refractivity contribution is -0.138. The van der Waals surface area contributed by atoms with Crippen LogP contribution in [0.2, 0.25) is 0 Å². The van der Waals surface area contributed by atoms with E-state index in [1.165, 1.54) is 0 Å². The van der Waals surface area contributed by atoms with Crippen molar-refractivity contribution in [2.75, 3.05) is 26.4 Å². The molecule has 16 heteroatoms. The topological polar surface area (TPSA) is 210 Å². The van der Waals surface area contributed by atoms with Gasteiger partial charge < -0.3 is 37.9 Å². The highest BCUT2D eigenvalue weighted by atomic mass is 16.6. The molecule has 0 N–H and O–H groups in total. The first-order valence-electron chi connectivity index (χ1n) is 32.7. The predicted octanol–water partition coefficient (Wildman–Crippen LogP) is 15.5. The standard InChI is InChI=1S/C84H70O16/c1-5-75(85)93-45-9-13-53-17-25-59(26-18-53)81(89)97-63-37-41-67-68-42-38-64(98-82(90)60-27-19-54(20-28-60)14-10-46-94-76(86)6-2)50-72(68)79(71(67)49-63)57-33-35-58(36-34-57)80-73-51-65(99-83(91)61-29-21-55(22-30-61)15-11-47-95-77(87)7-3)39-43-69(73)70-44-40-66(52-74(70)80)100-84(92)62-31-23-56(24-32-62)16-12-48-96-78(88)8-4/h5-8,17-44,49-52,79-80H,1-4,9-16,45-48H2. The van der Waals surface area contributed by atoms with Crippen LogP contribution in [0.25, 0.3) is 22.3 Å². The van der Waals surface area contributed by atoms with Crippen LogP contribution in [0.1, 0.15) is 135 Å². The van der Waals surface area contributed by atoms with Gasteiger partial charge in [-0.05, 0) is 226 Å². The highest BCUT2D eigenvalue weighted by Crippen LogP contribution is 2.53. The van der Waals surface area contributed by atoms with Gasteiger partial charge in [0.25, 0.3) is 0 Å². The SMILES string of the molecule is C=CC(=O)OCCCc1ccc(C(=O)Oc2ccc3c(c2)C(c2ccc(C4c5cc(OC(=O)c6ccc(CCCOC(=O)C=C)cc6)ccc5-c5ccc(OC(=O)c6ccc(CCCOC(=O)C=C)cc6)cc54)cc2)c2cc(OC(=O)c4ccc(CCCOC(=O)C=C)cc4)ccc2-3)cc1. The van der Waals surface area contributed by atoms with E-state index in [1.807, 2.05) is 121 Å². The Bertz CT molecular complexity index is 4040. The summed E-state index contributed by atoms with van der Waals surface area (Å²) in [5, 5.41) is 0. The molecular formula is C84H70O16. The van der Waals surface area contributed by atoms with Crippen LogP contribution in [-0.4, -0.2) is 74.2 Å². The van der Waals surface area contributed by atoms with E-state index in [4.69, 9.17) is 37.9 Å². The van der Waals surface area contributed by atoms with Crippen molar-refractivity contribution in [3.05, 3.63) is 323 Å². The number of fused-ring (bicyclic) bond motifs is 6. The molecule has 9 aromatic carbocycles. The van der Waals surface area contributed by atoms with Gasteiger partial charge >= 0.3 is 47.8 Å². The van der Waals surface area contributed by atoms with Gasteiger partial charge in [-0.15, -0.1) is 0 Å². The minimum absolute atomic E-state index is 0.234. The van der Waals surface area contributed by atoms with Crippen LogP contribution in [0.5, 0.6) is 23.0 Å². The lowest BCUT2D eigenvalue weighted by Gasteiger charge is -2.19. The fraction of sp³-hybridized carbons (Fsp3) is 0.167. The summed E-state index contributed by atoms with van der Waals surface area (Å²) in [4.78, 5) is 102. The van der Waals surface area contributed by atoms with Crippen LogP contribution < -0.4 is 18.9 Å². The normalized spacial score (nSPS) is 11.7. The molecular weight excluding hydrogens is 1260 g/mol. The fourth-order valence-corrected chi connectivity index (χ4v) is 12.2. The number of rotatable bonds is 30. The van der Waals surface area contributed by atoms with Crippen LogP contribution in [0, 0.1) is 0 Å². The Labute approximate surface area is 578 Å². The van der Waals surface area contributed by atoms with Gasteiger partial charge in [0, 0.05) is 36.1 Å². The second-order valence-corrected chi connectivity index (χ2v) is 23.8. The van der Waals surface area contributed by atoms with E-state index in [9.17, 15) is 38.4 Å². The number of esters is 8. The molecule has 0 aromatic heterocycles. The van der Waals surface area contributed by atoms with Crippen molar-refractivity contribution >= 4 is 47.8 Å². The van der Waals surface area contributed by atoms with Crippen LogP contribution in [0.4, 0.5) is 0 Å². The Morgan fingerprint density at radius 1 is 0.280 bits per heavy atom. The van der Waals surface area contributed by atoms with E-state index in [0.717, 1.165) is 102 Å². The van der Waals surface area contributed by atoms with Crippen molar-refractivity contribution in [3.63, 3.8) is 0 Å². The largest absolute Gasteiger partial charge is 0.463 e. The summed E-state index contributed by atoms with van der Waals surface area (Å²) >= 11 is 0. The summed E-state index contributed by atoms with van der Waals surface area (Å²) in [5.41, 5.74) is 13.7. The number of benzene rings is 9. The zero-order valence-corrected chi connectivity index (χ0v) is 54.8. The first-order valence-corrected chi connectivity index (χ1v) is 32.7. The van der Waals surface area contributed by atoms with E-state index in [0.29, 0.717) is 96.6 Å². The van der Waals surface area contributed by atoms with E-state index < -0.39 is 59.6 Å². The maximum Gasteiger partial charge on any atom is 0.343 e. The Balaban J connectivity index is 0.891. The molecule has 16 nitrogen and oxygen atoms in total. The molecule has 2 aliphatic rings. The molecule has 0 unspecified atom stereocenters. The number of carbonyl (C=O) groups excluding carboxylic acids is 8. The molecule has 0 heterocycles. The second-order valence-electron chi connectivity index (χ2n) is 23.8. The van der Waals surface area contributed by atoms with Gasteiger partial charge in [0.05, 0.1) is 48.7 Å². The molecule has 0 bridgehead atoms. The maximum atomic E-state index is 13.9. The number of hydrogen-bond donors (Lipinski definition) is 0. The number of carbonyl (C=O) groups is 8. The molecule has 0 amide bonds. The summed E-state index contributed by atoms with van der Waals surface area (Å²) in [7, 11) is 0. The van der Waals surface area contributed by atoms with Crippen LogP contribution in [-0.2, 0) is 63.8 Å². The Morgan fingerprint density at radius 3 is 0.690 bits per heavy atom. The molecule has 502 valence electrons. The first kappa shape index (κ1) is 69.1. The minimum atomic E-state index is -0.563. The Morgan fingerprint density at radius 2 is 0.490 bits per heavy atom. The van der Waals surface area contributed by atoms with Crippen molar-refractivity contribution < 1.29 is 76.3 Å². The highest BCUT2D eigenvalue weighted by Gasteiger charge is 2.35. The van der Waals surface area contributed by atoms with Gasteiger partial charge in [-0.1, -0.05) is 123 Å². The van der Waals surface area contributed by atoms with Gasteiger partial charge in [-0.3, -0.25) is 0 Å². The third-order valence-electron chi connectivity index (χ3n) is 17.2. The molecule has 0 fully saturated rings. The molecule has 0 radical (unpaired) electrons. The highest BCUT2D eigenvalue weighted by molar-refractivity contribution is 5.95. The Hall–Kier alpha value is -12.3. The summed E-state index contributed by atoms with van der Waals surface area (Å²) in [6.45, 7) is 14.7. The van der Waals surface area contributed by atoms with Crippen molar-refractivity contribution in [2.24, 2.45) is 0 Å².